The van der Waals surface area contributed by atoms with Crippen molar-refractivity contribution in [2.45, 2.75) is 6.61 Å². The van der Waals surface area contributed by atoms with Gasteiger partial charge in [0.1, 0.15) is 18.2 Å². The largest absolute Gasteiger partial charge is 0.489 e. The number of nitrogen functional groups attached to an aromatic ring is 1. The molecule has 22 heavy (non-hydrogen) atoms. The van der Waals surface area contributed by atoms with E-state index in [0.29, 0.717) is 12.5 Å². The fourth-order valence-corrected chi connectivity index (χ4v) is 2.97. The molecule has 2 aromatic heterocycles. The lowest BCUT2D eigenvalue weighted by Crippen LogP contribution is -2.08. The van der Waals surface area contributed by atoms with Crippen LogP contribution in [0.2, 0.25) is 0 Å². The lowest BCUT2D eigenvalue weighted by Gasteiger charge is -2.06. The molecule has 1 aromatic carbocycles. The van der Waals surface area contributed by atoms with Gasteiger partial charge in [0.25, 0.3) is 0 Å². The van der Waals surface area contributed by atoms with Crippen molar-refractivity contribution in [2.24, 2.45) is 5.73 Å². The van der Waals surface area contributed by atoms with Crippen molar-refractivity contribution in [3.8, 4) is 11.6 Å². The maximum atomic E-state index is 7.49. The van der Waals surface area contributed by atoms with Crippen molar-refractivity contribution < 1.29 is 9.47 Å². The van der Waals surface area contributed by atoms with E-state index in [2.05, 4.69) is 4.98 Å². The van der Waals surface area contributed by atoms with E-state index in [9.17, 15) is 0 Å². The summed E-state index contributed by atoms with van der Waals surface area (Å²) >= 11 is 1.49. The maximum absolute atomic E-state index is 7.49. The first-order valence-electron chi connectivity index (χ1n) is 6.65. The number of ether oxygens (including phenoxy) is 2. The predicted octanol–water partition coefficient (Wildman–Crippen LogP) is 3.17. The van der Waals surface area contributed by atoms with Gasteiger partial charge in [0.05, 0.1) is 12.0 Å². The molecule has 0 radical (unpaired) electrons. The minimum atomic E-state index is 0.0907. The Kier molecular flexibility index (Phi) is 3.93. The number of amidine groups is 1. The molecule has 0 aliphatic rings. The third-order valence-corrected chi connectivity index (χ3v) is 4.30. The molecule has 0 saturated carbocycles. The molecule has 0 aliphatic carbocycles. The highest BCUT2D eigenvalue weighted by Gasteiger charge is 2.06. The van der Waals surface area contributed by atoms with E-state index in [0.717, 1.165) is 26.3 Å². The molecule has 0 bridgehead atoms. The van der Waals surface area contributed by atoms with Crippen molar-refractivity contribution >= 4 is 27.3 Å². The highest BCUT2D eigenvalue weighted by atomic mass is 32.1. The van der Waals surface area contributed by atoms with E-state index in [4.69, 9.17) is 20.6 Å². The molecular weight excluding hydrogens is 298 g/mol. The number of aromatic nitrogens is 1. The zero-order valence-electron chi connectivity index (χ0n) is 12.0. The van der Waals surface area contributed by atoms with Crippen LogP contribution >= 0.6 is 11.3 Å². The number of nitrogens with two attached hydrogens (primary N) is 1. The van der Waals surface area contributed by atoms with Crippen LogP contribution in [0, 0.1) is 5.41 Å². The minimum Gasteiger partial charge on any atom is -0.489 e. The van der Waals surface area contributed by atoms with E-state index < -0.39 is 0 Å². The number of methoxy groups -OCH3 is 1. The van der Waals surface area contributed by atoms with Gasteiger partial charge in [0, 0.05) is 22.5 Å². The number of rotatable bonds is 5. The first-order chi connectivity index (χ1) is 10.7. The third kappa shape index (κ3) is 3.01. The van der Waals surface area contributed by atoms with Crippen LogP contribution < -0.4 is 15.2 Å². The molecule has 0 amide bonds. The van der Waals surface area contributed by atoms with E-state index in [1.807, 2.05) is 30.3 Å². The number of benzene rings is 1. The van der Waals surface area contributed by atoms with Crippen LogP contribution in [0.15, 0.2) is 42.6 Å². The van der Waals surface area contributed by atoms with Crippen molar-refractivity contribution in [1.82, 2.24) is 4.98 Å². The SMILES string of the molecule is COc1ccc(COc2ccc3cc(C(=N)N)sc3c2)cn1. The van der Waals surface area contributed by atoms with Gasteiger partial charge >= 0.3 is 0 Å². The Labute approximate surface area is 131 Å². The second-order valence-corrected chi connectivity index (χ2v) is 5.81. The summed E-state index contributed by atoms with van der Waals surface area (Å²) in [6.45, 7) is 0.438. The predicted molar refractivity (Wildman–Crippen MR) is 88.0 cm³/mol. The van der Waals surface area contributed by atoms with Crippen LogP contribution in [0.4, 0.5) is 0 Å². The average molecular weight is 313 g/mol. The van der Waals surface area contributed by atoms with E-state index in [-0.39, 0.29) is 5.84 Å². The second-order valence-electron chi connectivity index (χ2n) is 4.72. The molecular formula is C16H15N3O2S. The molecule has 0 aliphatic heterocycles. The minimum absolute atomic E-state index is 0.0907. The molecule has 0 spiro atoms. The quantitative estimate of drug-likeness (QED) is 0.560. The molecule has 3 rings (SSSR count). The number of hydrogen-bond donors (Lipinski definition) is 2. The van der Waals surface area contributed by atoms with Gasteiger partial charge in [-0.25, -0.2) is 4.98 Å². The molecule has 5 nitrogen and oxygen atoms in total. The summed E-state index contributed by atoms with van der Waals surface area (Å²) in [6, 6.07) is 11.5. The first-order valence-corrected chi connectivity index (χ1v) is 7.47. The zero-order chi connectivity index (χ0) is 15.5. The van der Waals surface area contributed by atoms with Crippen LogP contribution in [0.3, 0.4) is 0 Å². The Morgan fingerprint density at radius 3 is 2.82 bits per heavy atom. The first kappa shape index (κ1) is 14.3. The summed E-state index contributed by atoms with van der Waals surface area (Å²) in [5, 5.41) is 8.55. The van der Waals surface area contributed by atoms with Crippen LogP contribution in [0.5, 0.6) is 11.6 Å². The Bertz CT molecular complexity index is 812. The summed E-state index contributed by atoms with van der Waals surface area (Å²) in [5.74, 6) is 1.45. The lowest BCUT2D eigenvalue weighted by molar-refractivity contribution is 0.305. The van der Waals surface area contributed by atoms with Crippen LogP contribution in [0.25, 0.3) is 10.1 Å². The van der Waals surface area contributed by atoms with Crippen molar-refractivity contribution in [2.75, 3.05) is 7.11 Å². The monoisotopic (exact) mass is 313 g/mol. The maximum Gasteiger partial charge on any atom is 0.212 e. The van der Waals surface area contributed by atoms with Crippen LogP contribution in [0.1, 0.15) is 10.4 Å². The van der Waals surface area contributed by atoms with Gasteiger partial charge in [0.2, 0.25) is 5.88 Å². The Morgan fingerprint density at radius 2 is 2.14 bits per heavy atom. The van der Waals surface area contributed by atoms with Gasteiger partial charge in [-0.15, -0.1) is 11.3 Å². The Hall–Kier alpha value is -2.60. The average Bonchev–Trinajstić information content (AvgIpc) is 2.97. The molecule has 0 unspecified atom stereocenters. The highest BCUT2D eigenvalue weighted by molar-refractivity contribution is 7.20. The highest BCUT2D eigenvalue weighted by Crippen LogP contribution is 2.29. The van der Waals surface area contributed by atoms with Crippen molar-refractivity contribution in [3.05, 3.63) is 53.0 Å². The van der Waals surface area contributed by atoms with E-state index >= 15 is 0 Å². The molecule has 3 aromatic rings. The smallest absolute Gasteiger partial charge is 0.212 e. The molecule has 3 N–H and O–H groups in total. The molecule has 0 atom stereocenters. The Morgan fingerprint density at radius 1 is 1.27 bits per heavy atom. The summed E-state index contributed by atoms with van der Waals surface area (Å²) in [4.78, 5) is 4.91. The van der Waals surface area contributed by atoms with Crippen molar-refractivity contribution in [3.63, 3.8) is 0 Å². The normalized spacial score (nSPS) is 10.6. The zero-order valence-corrected chi connectivity index (χ0v) is 12.8. The summed E-state index contributed by atoms with van der Waals surface area (Å²) in [7, 11) is 1.59. The number of thiophene rings is 1. The summed E-state index contributed by atoms with van der Waals surface area (Å²) in [6.07, 6.45) is 1.73. The van der Waals surface area contributed by atoms with Gasteiger partial charge in [-0.3, -0.25) is 5.41 Å². The summed E-state index contributed by atoms with van der Waals surface area (Å²) < 4.78 is 11.9. The van der Waals surface area contributed by atoms with Gasteiger partial charge in [-0.2, -0.15) is 0 Å². The molecule has 0 saturated heterocycles. The number of nitrogens with zero attached hydrogens (tertiary/aromatic N) is 1. The summed E-state index contributed by atoms with van der Waals surface area (Å²) in [5.41, 5.74) is 6.49. The number of nitrogens with one attached hydrogen (secondary N) is 1. The van der Waals surface area contributed by atoms with Gasteiger partial charge in [-0.1, -0.05) is 0 Å². The fourth-order valence-electron chi connectivity index (χ4n) is 2.02. The fraction of sp³-hybridized carbons (Fsp3) is 0.125. The van der Waals surface area contributed by atoms with Crippen LogP contribution in [-0.4, -0.2) is 17.9 Å². The van der Waals surface area contributed by atoms with Gasteiger partial charge in [-0.05, 0) is 35.7 Å². The Balaban J connectivity index is 1.74. The van der Waals surface area contributed by atoms with Crippen LogP contribution in [-0.2, 0) is 6.61 Å². The van der Waals surface area contributed by atoms with Gasteiger partial charge in [0.15, 0.2) is 0 Å². The standard InChI is InChI=1S/C16H15N3O2S/c1-20-15-5-2-10(8-19-15)9-21-12-4-3-11-6-14(16(17)18)22-13(11)7-12/h2-8H,9H2,1H3,(H3,17,18). The molecule has 2 heterocycles. The number of pyridine rings is 1. The van der Waals surface area contributed by atoms with Gasteiger partial charge < -0.3 is 15.2 Å². The molecule has 112 valence electrons. The second kappa shape index (κ2) is 6.03. The van der Waals surface area contributed by atoms with E-state index in [1.165, 1.54) is 11.3 Å². The molecule has 0 fully saturated rings. The topological polar surface area (TPSA) is 81.2 Å². The number of fused-ring (bicyclic) bond motifs is 1. The van der Waals surface area contributed by atoms with Crippen molar-refractivity contribution in [1.29, 1.82) is 5.41 Å². The third-order valence-electron chi connectivity index (χ3n) is 3.17. The van der Waals surface area contributed by atoms with E-state index in [1.54, 1.807) is 19.4 Å². The number of hydrogen-bond acceptors (Lipinski definition) is 5. The lowest BCUT2D eigenvalue weighted by atomic mass is 10.2. The molecule has 6 heteroatoms.